The Hall–Kier alpha value is -3.12. The third-order valence-electron chi connectivity index (χ3n) is 3.57. The molecule has 2 N–H and O–H groups in total. The van der Waals surface area contributed by atoms with Gasteiger partial charge in [-0.3, -0.25) is 4.79 Å². The van der Waals surface area contributed by atoms with Gasteiger partial charge in [0.1, 0.15) is 17.4 Å². The van der Waals surface area contributed by atoms with Crippen LogP contribution in [0, 0.1) is 5.82 Å². The van der Waals surface area contributed by atoms with Gasteiger partial charge in [0, 0.05) is 5.69 Å². The number of hydrogen-bond donors (Lipinski definition) is 2. The van der Waals surface area contributed by atoms with Crippen LogP contribution in [0.25, 0.3) is 0 Å². The lowest BCUT2D eigenvalue weighted by atomic mass is 10.2. The Morgan fingerprint density at radius 3 is 2.42 bits per heavy atom. The van der Waals surface area contributed by atoms with Crippen LogP contribution >= 0.6 is 11.6 Å². The van der Waals surface area contributed by atoms with Gasteiger partial charge < -0.3 is 15.4 Å². The summed E-state index contributed by atoms with van der Waals surface area (Å²) in [5.74, 6) is 0.0389. The van der Waals surface area contributed by atoms with Gasteiger partial charge in [-0.25, -0.2) is 9.37 Å². The highest BCUT2D eigenvalue weighted by Crippen LogP contribution is 2.22. The molecule has 3 rings (SSSR count). The molecule has 0 radical (unpaired) electrons. The third kappa shape index (κ3) is 4.10. The number of rotatable bonds is 5. The molecule has 2 aromatic carbocycles. The summed E-state index contributed by atoms with van der Waals surface area (Å²) in [6.45, 7) is 0. The van der Waals surface area contributed by atoms with Crippen LogP contribution in [0.1, 0.15) is 10.4 Å². The highest BCUT2D eigenvalue weighted by atomic mass is 35.5. The van der Waals surface area contributed by atoms with E-state index in [0.717, 1.165) is 11.4 Å². The van der Waals surface area contributed by atoms with Gasteiger partial charge in [-0.2, -0.15) is 0 Å². The Balaban J connectivity index is 1.68. The molecule has 0 saturated carbocycles. The van der Waals surface area contributed by atoms with Crippen LogP contribution in [-0.2, 0) is 0 Å². The first kappa shape index (κ1) is 17.7. The lowest BCUT2D eigenvalue weighted by Gasteiger charge is -2.09. The number of carbonyl (C=O) groups excluding carboxylic acids is 1. The molecular formula is C19H15ClFN3O2. The number of hydrogen-bond acceptors (Lipinski definition) is 4. The summed E-state index contributed by atoms with van der Waals surface area (Å²) in [4.78, 5) is 16.4. The summed E-state index contributed by atoms with van der Waals surface area (Å²) >= 11 is 5.89. The number of nitrogens with one attached hydrogen (secondary N) is 2. The summed E-state index contributed by atoms with van der Waals surface area (Å²) in [5.41, 5.74) is 1.07. The summed E-state index contributed by atoms with van der Waals surface area (Å²) in [7, 11) is 1.60. The van der Waals surface area contributed by atoms with Crippen LogP contribution in [0.3, 0.4) is 0 Å². The second kappa shape index (κ2) is 7.84. The Bertz CT molecular complexity index is 895. The predicted molar refractivity (Wildman–Crippen MR) is 99.9 cm³/mol. The molecule has 1 amide bonds. The minimum Gasteiger partial charge on any atom is -0.497 e. The minimum absolute atomic E-state index is 0.0493. The second-order valence-corrected chi connectivity index (χ2v) is 5.74. The summed E-state index contributed by atoms with van der Waals surface area (Å²) in [5, 5.41) is 5.75. The van der Waals surface area contributed by atoms with E-state index in [0.29, 0.717) is 11.5 Å². The fourth-order valence-corrected chi connectivity index (χ4v) is 2.52. The maximum atomic E-state index is 13.8. The molecule has 0 fully saturated rings. The maximum Gasteiger partial charge on any atom is 0.260 e. The normalized spacial score (nSPS) is 10.3. The van der Waals surface area contributed by atoms with Gasteiger partial charge in [0.25, 0.3) is 5.91 Å². The number of benzene rings is 2. The molecule has 0 saturated heterocycles. The standard InChI is InChI=1S/C19H15ClFN3O2/c1-26-14-8-5-12(6-9-14)23-17-10-7-13(11-22-17)24-19(25)18-15(20)3-2-4-16(18)21/h2-11H,1H3,(H,22,23)(H,24,25). The van der Waals surface area contributed by atoms with Crippen molar-refractivity contribution in [1.29, 1.82) is 0 Å². The molecule has 7 heteroatoms. The Morgan fingerprint density at radius 2 is 1.81 bits per heavy atom. The van der Waals surface area contributed by atoms with Crippen molar-refractivity contribution in [1.82, 2.24) is 4.98 Å². The van der Waals surface area contributed by atoms with E-state index in [-0.39, 0.29) is 10.6 Å². The highest BCUT2D eigenvalue weighted by molar-refractivity contribution is 6.34. The zero-order valence-electron chi connectivity index (χ0n) is 13.8. The Labute approximate surface area is 154 Å². The van der Waals surface area contributed by atoms with Gasteiger partial charge in [-0.05, 0) is 48.5 Å². The quantitative estimate of drug-likeness (QED) is 0.671. The predicted octanol–water partition coefficient (Wildman–Crippen LogP) is 4.88. The largest absolute Gasteiger partial charge is 0.497 e. The van der Waals surface area contributed by atoms with Crippen LogP contribution in [0.2, 0.25) is 5.02 Å². The fourth-order valence-electron chi connectivity index (χ4n) is 2.27. The first-order chi connectivity index (χ1) is 12.6. The molecule has 0 spiro atoms. The van der Waals surface area contributed by atoms with Gasteiger partial charge in [0.2, 0.25) is 0 Å². The van der Waals surface area contributed by atoms with Gasteiger partial charge >= 0.3 is 0 Å². The van der Waals surface area contributed by atoms with Crippen molar-refractivity contribution in [2.45, 2.75) is 0 Å². The lowest BCUT2D eigenvalue weighted by molar-refractivity contribution is 0.102. The fraction of sp³-hybridized carbons (Fsp3) is 0.0526. The van der Waals surface area contributed by atoms with Crippen molar-refractivity contribution in [2.75, 3.05) is 17.7 Å². The molecule has 0 atom stereocenters. The molecule has 26 heavy (non-hydrogen) atoms. The van der Waals surface area contributed by atoms with E-state index in [2.05, 4.69) is 15.6 Å². The molecule has 0 unspecified atom stereocenters. The van der Waals surface area contributed by atoms with E-state index in [1.165, 1.54) is 24.4 Å². The molecule has 1 heterocycles. The van der Waals surface area contributed by atoms with Crippen LogP contribution < -0.4 is 15.4 Å². The van der Waals surface area contributed by atoms with E-state index in [4.69, 9.17) is 16.3 Å². The average Bonchev–Trinajstić information content (AvgIpc) is 2.64. The van der Waals surface area contributed by atoms with E-state index in [1.807, 2.05) is 24.3 Å². The Morgan fingerprint density at radius 1 is 1.08 bits per heavy atom. The number of nitrogens with zero attached hydrogens (tertiary/aromatic N) is 1. The van der Waals surface area contributed by atoms with Crippen LogP contribution in [0.15, 0.2) is 60.8 Å². The van der Waals surface area contributed by atoms with Crippen molar-refractivity contribution in [2.24, 2.45) is 0 Å². The second-order valence-electron chi connectivity index (χ2n) is 5.34. The highest BCUT2D eigenvalue weighted by Gasteiger charge is 2.15. The number of carbonyl (C=O) groups is 1. The minimum atomic E-state index is -0.680. The topological polar surface area (TPSA) is 63.2 Å². The number of pyridine rings is 1. The first-order valence-corrected chi connectivity index (χ1v) is 8.07. The van der Waals surface area contributed by atoms with Gasteiger partial charge in [-0.1, -0.05) is 17.7 Å². The third-order valence-corrected chi connectivity index (χ3v) is 3.89. The first-order valence-electron chi connectivity index (χ1n) is 7.69. The SMILES string of the molecule is COc1ccc(Nc2ccc(NC(=O)c3c(F)cccc3Cl)cn2)cc1. The number of anilines is 3. The smallest absolute Gasteiger partial charge is 0.260 e. The molecule has 1 aromatic heterocycles. The van der Waals surface area contributed by atoms with Crippen molar-refractivity contribution in [3.63, 3.8) is 0 Å². The van der Waals surface area contributed by atoms with Crippen LogP contribution in [0.5, 0.6) is 5.75 Å². The molecule has 0 bridgehead atoms. The number of methoxy groups -OCH3 is 1. The van der Waals surface area contributed by atoms with Gasteiger partial charge in [0.15, 0.2) is 0 Å². The van der Waals surface area contributed by atoms with Gasteiger partial charge in [0.05, 0.1) is 29.6 Å². The molecule has 3 aromatic rings. The van der Waals surface area contributed by atoms with Crippen molar-refractivity contribution < 1.29 is 13.9 Å². The molecule has 5 nitrogen and oxygen atoms in total. The van der Waals surface area contributed by atoms with Crippen LogP contribution in [0.4, 0.5) is 21.6 Å². The molecule has 132 valence electrons. The van der Waals surface area contributed by atoms with E-state index in [9.17, 15) is 9.18 Å². The Kier molecular flexibility index (Phi) is 5.34. The summed E-state index contributed by atoms with van der Waals surface area (Å²) < 4.78 is 18.9. The monoisotopic (exact) mass is 371 g/mol. The lowest BCUT2D eigenvalue weighted by Crippen LogP contribution is -2.14. The van der Waals surface area contributed by atoms with Crippen molar-refractivity contribution in [3.05, 3.63) is 77.2 Å². The van der Waals surface area contributed by atoms with Crippen LogP contribution in [-0.4, -0.2) is 18.0 Å². The number of amides is 1. The van der Waals surface area contributed by atoms with E-state index in [1.54, 1.807) is 19.2 Å². The summed E-state index contributed by atoms with van der Waals surface area (Å²) in [6.07, 6.45) is 1.47. The van der Waals surface area contributed by atoms with Crippen molar-refractivity contribution in [3.8, 4) is 5.75 Å². The molecular weight excluding hydrogens is 357 g/mol. The number of ether oxygens (including phenoxy) is 1. The van der Waals surface area contributed by atoms with E-state index >= 15 is 0 Å². The molecule has 0 aliphatic heterocycles. The summed E-state index contributed by atoms with van der Waals surface area (Å²) in [6, 6.07) is 14.8. The van der Waals surface area contributed by atoms with E-state index < -0.39 is 11.7 Å². The van der Waals surface area contributed by atoms with Crippen molar-refractivity contribution >= 4 is 34.7 Å². The molecule has 0 aliphatic rings. The molecule has 0 aliphatic carbocycles. The van der Waals surface area contributed by atoms with Gasteiger partial charge in [-0.15, -0.1) is 0 Å². The zero-order chi connectivity index (χ0) is 18.5. The average molecular weight is 372 g/mol. The number of aromatic nitrogens is 1. The zero-order valence-corrected chi connectivity index (χ0v) is 14.5. The number of halogens is 2. The maximum absolute atomic E-state index is 13.8.